The number of rotatable bonds is 4. The molecular weight excluding hydrogens is 435 g/mol. The van der Waals surface area contributed by atoms with Crippen LogP contribution < -0.4 is 10.2 Å². The number of aromatic nitrogens is 4. The Morgan fingerprint density at radius 1 is 1.28 bits per heavy atom. The molecule has 4 rings (SSSR count). The maximum absolute atomic E-state index is 11.0. The number of nitrogens with zero attached hydrogens (tertiary/aromatic N) is 5. The molecule has 152 valence electrons. The number of carbonyl (C=O) groups is 1. The summed E-state index contributed by atoms with van der Waals surface area (Å²) >= 11 is 13.9. The predicted octanol–water partition coefficient (Wildman–Crippen LogP) is 4.21. The van der Waals surface area contributed by atoms with Gasteiger partial charge in [0.1, 0.15) is 6.33 Å². The highest BCUT2D eigenvalue weighted by molar-refractivity contribution is 7.99. The zero-order valence-electron chi connectivity index (χ0n) is 15.5. The number of carboxylic acid groups (broad SMARTS) is 1. The Kier molecular flexibility index (Phi) is 5.46. The smallest absolute Gasteiger partial charge is 0.405 e. The predicted molar refractivity (Wildman–Crippen MR) is 112 cm³/mol. The van der Waals surface area contributed by atoms with Gasteiger partial charge in [0.25, 0.3) is 0 Å². The molecule has 0 aliphatic carbocycles. The summed E-state index contributed by atoms with van der Waals surface area (Å²) in [5.41, 5.74) is 0.237. The van der Waals surface area contributed by atoms with Gasteiger partial charge in [0.15, 0.2) is 5.65 Å². The number of hydrogen-bond acceptors (Lipinski definition) is 6. The first-order valence-corrected chi connectivity index (χ1v) is 10.5. The maximum atomic E-state index is 11.0. The van der Waals surface area contributed by atoms with E-state index in [1.54, 1.807) is 18.6 Å². The van der Waals surface area contributed by atoms with E-state index in [0.29, 0.717) is 41.6 Å². The number of fused-ring (bicyclic) bond motifs is 1. The van der Waals surface area contributed by atoms with Crippen LogP contribution in [0.2, 0.25) is 10.0 Å². The van der Waals surface area contributed by atoms with Crippen LogP contribution in [0.5, 0.6) is 0 Å². The summed E-state index contributed by atoms with van der Waals surface area (Å²) in [6, 6.07) is 5.47. The van der Waals surface area contributed by atoms with E-state index in [1.165, 1.54) is 11.8 Å². The van der Waals surface area contributed by atoms with Crippen LogP contribution >= 0.6 is 35.0 Å². The second-order valence-electron chi connectivity index (χ2n) is 7.08. The molecule has 0 bridgehead atoms. The Hall–Kier alpha value is -2.23. The SMILES string of the molecule is CC1(NC(=O)O)CCN(c2ncc(Sc3cccc(Cl)c3Cl)c3nncn23)CC1. The topological polar surface area (TPSA) is 95.7 Å². The minimum atomic E-state index is -0.999. The summed E-state index contributed by atoms with van der Waals surface area (Å²) in [7, 11) is 0. The van der Waals surface area contributed by atoms with Crippen LogP contribution in [0.1, 0.15) is 19.8 Å². The van der Waals surface area contributed by atoms with Crippen molar-refractivity contribution in [1.82, 2.24) is 24.9 Å². The lowest BCUT2D eigenvalue weighted by molar-refractivity contribution is 0.173. The standard InChI is InChI=1S/C18H18Cl2N6O2S/c1-18(23-17(27)28)5-7-25(8-6-18)16-21-9-13(15-24-22-10-26(15)16)29-12-4-2-3-11(19)14(12)20/h2-4,9-10,23H,5-8H2,1H3,(H,27,28). The van der Waals surface area contributed by atoms with Crippen LogP contribution in [-0.2, 0) is 0 Å². The molecule has 3 heterocycles. The van der Waals surface area contributed by atoms with Gasteiger partial charge in [-0.2, -0.15) is 0 Å². The van der Waals surface area contributed by atoms with Crippen molar-refractivity contribution in [2.24, 2.45) is 0 Å². The van der Waals surface area contributed by atoms with Crippen LogP contribution in [0.15, 0.2) is 40.5 Å². The number of amides is 1. The van der Waals surface area contributed by atoms with E-state index >= 15 is 0 Å². The lowest BCUT2D eigenvalue weighted by Gasteiger charge is -2.39. The first kappa shape index (κ1) is 20.1. The molecule has 0 spiro atoms. The summed E-state index contributed by atoms with van der Waals surface area (Å²) in [5.74, 6) is 0.726. The summed E-state index contributed by atoms with van der Waals surface area (Å²) in [6.45, 7) is 3.27. The molecule has 29 heavy (non-hydrogen) atoms. The molecular formula is C18H18Cl2N6O2S. The molecule has 3 aromatic rings. The molecule has 11 heteroatoms. The zero-order chi connectivity index (χ0) is 20.6. The Bertz CT molecular complexity index is 1070. The monoisotopic (exact) mass is 452 g/mol. The highest BCUT2D eigenvalue weighted by Crippen LogP contribution is 2.38. The van der Waals surface area contributed by atoms with Crippen LogP contribution in [0.3, 0.4) is 0 Å². The number of halogens is 2. The molecule has 0 unspecified atom stereocenters. The molecule has 0 atom stereocenters. The van der Waals surface area contributed by atoms with Crippen molar-refractivity contribution in [2.75, 3.05) is 18.0 Å². The summed E-state index contributed by atoms with van der Waals surface area (Å²) in [4.78, 5) is 19.4. The molecule has 1 saturated heterocycles. The fourth-order valence-electron chi connectivity index (χ4n) is 3.36. The first-order chi connectivity index (χ1) is 13.9. The van der Waals surface area contributed by atoms with Crippen molar-refractivity contribution in [2.45, 2.75) is 35.1 Å². The average molecular weight is 453 g/mol. The van der Waals surface area contributed by atoms with Crippen molar-refractivity contribution in [1.29, 1.82) is 0 Å². The lowest BCUT2D eigenvalue weighted by Crippen LogP contribution is -2.53. The molecule has 1 aliphatic heterocycles. The second kappa shape index (κ2) is 7.89. The van der Waals surface area contributed by atoms with Crippen LogP contribution in [0.25, 0.3) is 5.65 Å². The van der Waals surface area contributed by atoms with E-state index in [0.717, 1.165) is 15.7 Å². The first-order valence-electron chi connectivity index (χ1n) is 8.93. The van der Waals surface area contributed by atoms with Gasteiger partial charge in [0, 0.05) is 29.7 Å². The third kappa shape index (κ3) is 4.08. The molecule has 1 amide bonds. The molecule has 0 saturated carbocycles. The second-order valence-corrected chi connectivity index (χ2v) is 8.95. The summed E-state index contributed by atoms with van der Waals surface area (Å²) in [5, 5.41) is 20.9. The average Bonchev–Trinajstić information content (AvgIpc) is 3.16. The number of nitrogens with one attached hydrogen (secondary N) is 1. The Balaban J connectivity index is 1.59. The minimum absolute atomic E-state index is 0.437. The Morgan fingerprint density at radius 3 is 2.76 bits per heavy atom. The maximum Gasteiger partial charge on any atom is 0.405 e. The van der Waals surface area contributed by atoms with Crippen molar-refractivity contribution in [3.05, 3.63) is 40.8 Å². The molecule has 2 aromatic heterocycles. The van der Waals surface area contributed by atoms with E-state index in [-0.39, 0.29) is 0 Å². The van der Waals surface area contributed by atoms with Crippen LogP contribution in [-0.4, -0.2) is 49.4 Å². The third-order valence-electron chi connectivity index (χ3n) is 4.98. The number of hydrogen-bond donors (Lipinski definition) is 2. The highest BCUT2D eigenvalue weighted by Gasteiger charge is 2.32. The summed E-state index contributed by atoms with van der Waals surface area (Å²) < 4.78 is 1.84. The van der Waals surface area contributed by atoms with E-state index in [4.69, 9.17) is 28.3 Å². The molecule has 2 N–H and O–H groups in total. The van der Waals surface area contributed by atoms with Gasteiger partial charge in [-0.05, 0) is 31.9 Å². The highest BCUT2D eigenvalue weighted by atomic mass is 35.5. The fourth-order valence-corrected chi connectivity index (χ4v) is 4.75. The van der Waals surface area contributed by atoms with Crippen molar-refractivity contribution < 1.29 is 9.90 Å². The van der Waals surface area contributed by atoms with Crippen molar-refractivity contribution >= 4 is 52.7 Å². The van der Waals surface area contributed by atoms with E-state index in [2.05, 4.69) is 25.4 Å². The van der Waals surface area contributed by atoms with E-state index in [9.17, 15) is 4.79 Å². The van der Waals surface area contributed by atoms with Crippen LogP contribution in [0.4, 0.5) is 10.7 Å². The van der Waals surface area contributed by atoms with Gasteiger partial charge in [-0.25, -0.2) is 14.2 Å². The largest absolute Gasteiger partial charge is 0.465 e. The van der Waals surface area contributed by atoms with E-state index in [1.807, 2.05) is 23.5 Å². The fraction of sp³-hybridized carbons (Fsp3) is 0.333. The Labute approximate surface area is 181 Å². The molecule has 1 fully saturated rings. The number of anilines is 1. The molecule has 0 radical (unpaired) electrons. The van der Waals surface area contributed by atoms with Gasteiger partial charge in [-0.3, -0.25) is 0 Å². The lowest BCUT2D eigenvalue weighted by atomic mass is 9.90. The van der Waals surface area contributed by atoms with Gasteiger partial charge >= 0.3 is 6.09 Å². The van der Waals surface area contributed by atoms with Gasteiger partial charge in [0.2, 0.25) is 5.95 Å². The molecule has 1 aliphatic rings. The normalized spacial score (nSPS) is 16.2. The number of benzene rings is 1. The summed E-state index contributed by atoms with van der Waals surface area (Å²) in [6.07, 6.45) is 3.74. The zero-order valence-corrected chi connectivity index (χ0v) is 17.8. The third-order valence-corrected chi connectivity index (χ3v) is 6.97. The quantitative estimate of drug-likeness (QED) is 0.611. The molecule has 8 nitrogen and oxygen atoms in total. The van der Waals surface area contributed by atoms with Crippen LogP contribution in [0, 0.1) is 0 Å². The molecule has 1 aromatic carbocycles. The van der Waals surface area contributed by atoms with Crippen molar-refractivity contribution in [3.63, 3.8) is 0 Å². The van der Waals surface area contributed by atoms with Crippen molar-refractivity contribution in [3.8, 4) is 0 Å². The van der Waals surface area contributed by atoms with Gasteiger partial charge in [-0.1, -0.05) is 41.0 Å². The minimum Gasteiger partial charge on any atom is -0.465 e. The van der Waals surface area contributed by atoms with Gasteiger partial charge in [-0.15, -0.1) is 10.2 Å². The van der Waals surface area contributed by atoms with E-state index < -0.39 is 11.6 Å². The van der Waals surface area contributed by atoms with Gasteiger partial charge in [0.05, 0.1) is 14.9 Å². The van der Waals surface area contributed by atoms with Gasteiger partial charge < -0.3 is 15.3 Å². The Morgan fingerprint density at radius 2 is 2.03 bits per heavy atom. The number of piperidine rings is 1.